The standard InChI is InChI=1S/C20H13Cl2N3O3S/c21-9-5-6-11(13(22)7-9)16-15-17(28-24-16)19(27)25(18(15)26)20-12(8-23)10-3-1-2-4-14(10)29-20/h5-7,15,17H,1-4H2/t15-,17+/m1/s1. The minimum Gasteiger partial charge on any atom is -0.381 e. The molecule has 1 aromatic heterocycles. The van der Waals surface area contributed by atoms with Crippen LogP contribution in [-0.4, -0.2) is 23.6 Å². The Labute approximate surface area is 180 Å². The number of halogens is 2. The van der Waals surface area contributed by atoms with Crippen molar-refractivity contribution in [3.8, 4) is 6.07 Å². The van der Waals surface area contributed by atoms with Crippen LogP contribution in [0.15, 0.2) is 23.4 Å². The lowest BCUT2D eigenvalue weighted by Gasteiger charge is -2.14. The summed E-state index contributed by atoms with van der Waals surface area (Å²) in [6.07, 6.45) is 2.65. The largest absolute Gasteiger partial charge is 0.381 e. The maximum atomic E-state index is 13.3. The van der Waals surface area contributed by atoms with Gasteiger partial charge in [0.1, 0.15) is 22.7 Å². The molecule has 2 aliphatic heterocycles. The zero-order chi connectivity index (χ0) is 20.3. The van der Waals surface area contributed by atoms with Gasteiger partial charge in [0.2, 0.25) is 12.0 Å². The summed E-state index contributed by atoms with van der Waals surface area (Å²) in [5.74, 6) is -1.84. The molecular formula is C20H13Cl2N3O3S. The summed E-state index contributed by atoms with van der Waals surface area (Å²) in [4.78, 5) is 33.9. The highest BCUT2D eigenvalue weighted by Gasteiger charge is 2.57. The van der Waals surface area contributed by atoms with Crippen LogP contribution in [0.3, 0.4) is 0 Å². The van der Waals surface area contributed by atoms with Crippen LogP contribution in [0.25, 0.3) is 0 Å². The van der Waals surface area contributed by atoms with Crippen LogP contribution in [0, 0.1) is 17.2 Å². The van der Waals surface area contributed by atoms with E-state index in [4.69, 9.17) is 28.0 Å². The minimum absolute atomic E-state index is 0.303. The lowest BCUT2D eigenvalue weighted by molar-refractivity contribution is -0.126. The Morgan fingerprint density at radius 3 is 2.76 bits per heavy atom. The molecule has 5 rings (SSSR count). The van der Waals surface area contributed by atoms with Gasteiger partial charge in [-0.25, -0.2) is 4.90 Å². The molecule has 9 heteroatoms. The molecule has 1 aromatic carbocycles. The molecule has 0 N–H and O–H groups in total. The quantitative estimate of drug-likeness (QED) is 0.651. The third-order valence-corrected chi connectivity index (χ3v) is 7.31. The molecule has 0 bridgehead atoms. The maximum Gasteiger partial charge on any atom is 0.279 e. The lowest BCUT2D eigenvalue weighted by Crippen LogP contribution is -2.33. The van der Waals surface area contributed by atoms with E-state index in [0.717, 1.165) is 41.0 Å². The summed E-state index contributed by atoms with van der Waals surface area (Å²) in [5, 5.41) is 14.9. The molecule has 1 aliphatic carbocycles. The molecule has 2 amide bonds. The average Bonchev–Trinajstić information content (AvgIpc) is 3.35. The van der Waals surface area contributed by atoms with E-state index in [1.165, 1.54) is 11.3 Å². The zero-order valence-electron chi connectivity index (χ0n) is 14.9. The number of hydrogen-bond acceptors (Lipinski definition) is 6. The van der Waals surface area contributed by atoms with Crippen molar-refractivity contribution in [1.82, 2.24) is 0 Å². The molecule has 2 atom stereocenters. The fraction of sp³-hybridized carbons (Fsp3) is 0.300. The van der Waals surface area contributed by atoms with Crippen LogP contribution >= 0.6 is 34.5 Å². The first-order valence-corrected chi connectivity index (χ1v) is 10.7. The smallest absolute Gasteiger partial charge is 0.279 e. The number of oxime groups is 1. The number of amides is 2. The SMILES string of the molecule is N#Cc1c(N2C(=O)[C@@H]3C(c4ccc(Cl)cc4Cl)=NO[C@@H]3C2=O)sc2c1CCCC2. The fourth-order valence-corrected chi connectivity index (χ4v) is 5.98. The Bertz CT molecular complexity index is 1150. The molecule has 146 valence electrons. The minimum atomic E-state index is -1.05. The van der Waals surface area contributed by atoms with Gasteiger partial charge in [0, 0.05) is 15.5 Å². The maximum absolute atomic E-state index is 13.3. The van der Waals surface area contributed by atoms with Gasteiger partial charge in [-0.1, -0.05) is 34.4 Å². The summed E-state index contributed by atoms with van der Waals surface area (Å²) < 4.78 is 0. The summed E-state index contributed by atoms with van der Waals surface area (Å²) in [7, 11) is 0. The van der Waals surface area contributed by atoms with Crippen molar-refractivity contribution in [2.45, 2.75) is 31.8 Å². The van der Waals surface area contributed by atoms with E-state index in [9.17, 15) is 14.9 Å². The van der Waals surface area contributed by atoms with Crippen LogP contribution in [0.1, 0.15) is 34.4 Å². The van der Waals surface area contributed by atoms with Crippen molar-refractivity contribution in [2.75, 3.05) is 4.90 Å². The number of anilines is 1. The Kier molecular flexibility index (Phi) is 4.39. The second-order valence-corrected chi connectivity index (χ2v) is 9.05. The van der Waals surface area contributed by atoms with Crippen LogP contribution < -0.4 is 4.90 Å². The monoisotopic (exact) mass is 445 g/mol. The summed E-state index contributed by atoms with van der Waals surface area (Å²) in [6.45, 7) is 0. The average molecular weight is 446 g/mol. The Balaban J connectivity index is 1.56. The van der Waals surface area contributed by atoms with Crippen molar-refractivity contribution in [3.63, 3.8) is 0 Å². The zero-order valence-corrected chi connectivity index (χ0v) is 17.3. The number of carbonyl (C=O) groups is 2. The predicted molar refractivity (Wildman–Crippen MR) is 110 cm³/mol. The number of hydrogen-bond donors (Lipinski definition) is 0. The lowest BCUT2D eigenvalue weighted by atomic mass is 9.94. The number of imide groups is 1. The normalized spacial score (nSPS) is 22.8. The Hall–Kier alpha value is -2.40. The van der Waals surface area contributed by atoms with Crippen molar-refractivity contribution in [2.24, 2.45) is 11.1 Å². The van der Waals surface area contributed by atoms with Gasteiger partial charge in [-0.05, 0) is 43.4 Å². The van der Waals surface area contributed by atoms with E-state index in [-0.39, 0.29) is 0 Å². The molecule has 0 radical (unpaired) electrons. The molecular weight excluding hydrogens is 433 g/mol. The van der Waals surface area contributed by atoms with E-state index in [0.29, 0.717) is 31.9 Å². The molecule has 1 saturated heterocycles. The van der Waals surface area contributed by atoms with E-state index < -0.39 is 23.8 Å². The molecule has 3 aliphatic rings. The highest BCUT2D eigenvalue weighted by molar-refractivity contribution is 7.17. The number of thiophene rings is 1. The fourth-order valence-electron chi connectivity index (χ4n) is 4.12. The summed E-state index contributed by atoms with van der Waals surface area (Å²) in [6, 6.07) is 7.04. The number of nitriles is 1. The third kappa shape index (κ3) is 2.71. The number of aryl methyl sites for hydroxylation is 1. The number of rotatable bonds is 2. The van der Waals surface area contributed by atoms with Gasteiger partial charge in [0.05, 0.1) is 10.6 Å². The second-order valence-electron chi connectivity index (χ2n) is 7.12. The molecule has 3 heterocycles. The van der Waals surface area contributed by atoms with Gasteiger partial charge in [0.15, 0.2) is 0 Å². The van der Waals surface area contributed by atoms with E-state index >= 15 is 0 Å². The first-order chi connectivity index (χ1) is 14.0. The molecule has 29 heavy (non-hydrogen) atoms. The van der Waals surface area contributed by atoms with Gasteiger partial charge < -0.3 is 4.84 Å². The van der Waals surface area contributed by atoms with Crippen molar-refractivity contribution in [1.29, 1.82) is 5.26 Å². The van der Waals surface area contributed by atoms with Gasteiger partial charge >= 0.3 is 0 Å². The highest BCUT2D eigenvalue weighted by atomic mass is 35.5. The first-order valence-electron chi connectivity index (χ1n) is 9.13. The molecule has 0 spiro atoms. The third-order valence-electron chi connectivity index (χ3n) is 5.49. The Morgan fingerprint density at radius 2 is 2.00 bits per heavy atom. The van der Waals surface area contributed by atoms with Crippen molar-refractivity contribution in [3.05, 3.63) is 49.8 Å². The van der Waals surface area contributed by atoms with E-state index in [2.05, 4.69) is 11.2 Å². The van der Waals surface area contributed by atoms with Crippen LogP contribution in [0.4, 0.5) is 5.00 Å². The van der Waals surface area contributed by atoms with Crippen molar-refractivity contribution < 1.29 is 14.4 Å². The molecule has 0 saturated carbocycles. The highest BCUT2D eigenvalue weighted by Crippen LogP contribution is 2.44. The summed E-state index contributed by atoms with van der Waals surface area (Å²) >= 11 is 13.6. The Morgan fingerprint density at radius 1 is 1.21 bits per heavy atom. The topological polar surface area (TPSA) is 82.8 Å². The summed E-state index contributed by atoms with van der Waals surface area (Å²) in [5.41, 5.74) is 2.19. The predicted octanol–water partition coefficient (Wildman–Crippen LogP) is 4.10. The van der Waals surface area contributed by atoms with E-state index in [1.54, 1.807) is 18.2 Å². The van der Waals surface area contributed by atoms with Gasteiger partial charge in [-0.2, -0.15) is 5.26 Å². The molecule has 6 nitrogen and oxygen atoms in total. The molecule has 0 unspecified atom stereocenters. The van der Waals surface area contributed by atoms with Gasteiger partial charge in [-0.3, -0.25) is 9.59 Å². The van der Waals surface area contributed by atoms with Crippen LogP contribution in [-0.2, 0) is 27.3 Å². The van der Waals surface area contributed by atoms with Crippen LogP contribution in [0.5, 0.6) is 0 Å². The number of fused-ring (bicyclic) bond motifs is 2. The molecule has 1 fully saturated rings. The van der Waals surface area contributed by atoms with Gasteiger partial charge in [0.25, 0.3) is 5.91 Å². The van der Waals surface area contributed by atoms with Crippen molar-refractivity contribution >= 4 is 57.1 Å². The van der Waals surface area contributed by atoms with E-state index in [1.807, 2.05) is 0 Å². The van der Waals surface area contributed by atoms with Crippen LogP contribution in [0.2, 0.25) is 10.0 Å². The van der Waals surface area contributed by atoms with Gasteiger partial charge in [-0.15, -0.1) is 11.3 Å². The first kappa shape index (κ1) is 18.6. The second kappa shape index (κ2) is 6.84. The number of carbonyl (C=O) groups excluding carboxylic acids is 2. The number of nitrogens with zero attached hydrogens (tertiary/aromatic N) is 3. The molecule has 2 aromatic rings. The number of benzene rings is 1.